The number of rotatable bonds is 2. The Balaban J connectivity index is 2.13. The van der Waals surface area contributed by atoms with E-state index >= 15 is 0 Å². The van der Waals surface area contributed by atoms with Gasteiger partial charge in [0.15, 0.2) is 0 Å². The lowest BCUT2D eigenvalue weighted by Gasteiger charge is -2.34. The van der Waals surface area contributed by atoms with E-state index in [1.807, 2.05) is 19.2 Å². The first kappa shape index (κ1) is 11.9. The Morgan fingerprint density at radius 1 is 1.50 bits per heavy atom. The van der Waals surface area contributed by atoms with Gasteiger partial charge in [-0.25, -0.2) is 4.39 Å². The van der Waals surface area contributed by atoms with Crippen LogP contribution in [0.5, 0.6) is 0 Å². The zero-order valence-electron chi connectivity index (χ0n) is 9.34. The van der Waals surface area contributed by atoms with Crippen LogP contribution < -0.4 is 10.2 Å². The van der Waals surface area contributed by atoms with Crippen LogP contribution in [-0.4, -0.2) is 26.2 Å². The molecule has 0 spiro atoms. The molecule has 1 unspecified atom stereocenters. The molecule has 1 atom stereocenters. The first-order valence-electron chi connectivity index (χ1n) is 5.58. The van der Waals surface area contributed by atoms with Gasteiger partial charge in [0.05, 0.1) is 4.47 Å². The fourth-order valence-corrected chi connectivity index (χ4v) is 2.50. The summed E-state index contributed by atoms with van der Waals surface area (Å²) in [5.41, 5.74) is 1.09. The van der Waals surface area contributed by atoms with Gasteiger partial charge in [-0.15, -0.1) is 0 Å². The van der Waals surface area contributed by atoms with Gasteiger partial charge >= 0.3 is 0 Å². The molecule has 0 amide bonds. The van der Waals surface area contributed by atoms with E-state index in [1.54, 1.807) is 0 Å². The molecule has 1 aromatic rings. The minimum Gasteiger partial charge on any atom is -0.370 e. The van der Waals surface area contributed by atoms with Gasteiger partial charge in [0.1, 0.15) is 5.82 Å². The molecule has 1 aliphatic rings. The van der Waals surface area contributed by atoms with E-state index < -0.39 is 0 Å². The van der Waals surface area contributed by atoms with E-state index in [9.17, 15) is 4.39 Å². The highest BCUT2D eigenvalue weighted by atomic mass is 79.9. The maximum absolute atomic E-state index is 13.1. The minimum absolute atomic E-state index is 0.203. The van der Waals surface area contributed by atoms with Crippen molar-refractivity contribution < 1.29 is 4.39 Å². The third-order valence-corrected chi connectivity index (χ3v) is 3.71. The van der Waals surface area contributed by atoms with Crippen LogP contribution in [-0.2, 0) is 0 Å². The Kier molecular flexibility index (Phi) is 3.82. The lowest BCUT2D eigenvalue weighted by Crippen LogP contribution is -2.44. The monoisotopic (exact) mass is 286 g/mol. The summed E-state index contributed by atoms with van der Waals surface area (Å²) >= 11 is 3.23. The molecule has 0 bridgehead atoms. The third-order valence-electron chi connectivity index (χ3n) is 3.10. The molecular weight excluding hydrogens is 271 g/mol. The molecule has 1 aromatic carbocycles. The molecule has 0 aromatic heterocycles. The zero-order chi connectivity index (χ0) is 11.5. The number of anilines is 1. The number of hydrogen-bond donors (Lipinski definition) is 1. The predicted octanol–water partition coefficient (Wildman–Crippen LogP) is 2.78. The summed E-state index contributed by atoms with van der Waals surface area (Å²) in [7, 11) is 1.99. The molecule has 0 radical (unpaired) electrons. The Morgan fingerprint density at radius 3 is 3.00 bits per heavy atom. The van der Waals surface area contributed by atoms with Crippen LogP contribution in [0.1, 0.15) is 12.8 Å². The summed E-state index contributed by atoms with van der Waals surface area (Å²) in [5.74, 6) is -0.203. The highest BCUT2D eigenvalue weighted by Gasteiger charge is 2.19. The molecule has 0 saturated carbocycles. The van der Waals surface area contributed by atoms with E-state index in [-0.39, 0.29) is 5.82 Å². The largest absolute Gasteiger partial charge is 0.370 e. The smallest absolute Gasteiger partial charge is 0.137 e. The summed E-state index contributed by atoms with van der Waals surface area (Å²) in [6.45, 7) is 2.05. The van der Waals surface area contributed by atoms with Gasteiger partial charge in [-0.2, -0.15) is 0 Å². The number of benzene rings is 1. The average Bonchev–Trinajstić information content (AvgIpc) is 2.33. The number of nitrogens with zero attached hydrogens (tertiary/aromatic N) is 1. The fraction of sp³-hybridized carbons (Fsp3) is 0.500. The number of hydrogen-bond acceptors (Lipinski definition) is 2. The molecule has 1 fully saturated rings. The topological polar surface area (TPSA) is 15.3 Å². The van der Waals surface area contributed by atoms with Crippen molar-refractivity contribution in [3.63, 3.8) is 0 Å². The molecule has 1 saturated heterocycles. The average molecular weight is 287 g/mol. The second-order valence-electron chi connectivity index (χ2n) is 4.17. The van der Waals surface area contributed by atoms with E-state index in [2.05, 4.69) is 26.1 Å². The summed E-state index contributed by atoms with van der Waals surface area (Å²) in [5, 5.41) is 3.30. The number of nitrogens with one attached hydrogen (secondary N) is 1. The molecule has 1 N–H and O–H groups in total. The highest BCUT2D eigenvalue weighted by Crippen LogP contribution is 2.25. The molecule has 16 heavy (non-hydrogen) atoms. The molecule has 1 aliphatic heterocycles. The van der Waals surface area contributed by atoms with Crippen LogP contribution in [0, 0.1) is 5.82 Å². The second kappa shape index (κ2) is 5.15. The number of piperidine rings is 1. The third kappa shape index (κ3) is 2.55. The van der Waals surface area contributed by atoms with Crippen molar-refractivity contribution >= 4 is 21.6 Å². The SMILES string of the molecule is CNC1CCCN(c2ccc(F)c(Br)c2)C1. The van der Waals surface area contributed by atoms with Crippen molar-refractivity contribution in [2.45, 2.75) is 18.9 Å². The van der Waals surface area contributed by atoms with Crippen LogP contribution in [0.4, 0.5) is 10.1 Å². The quantitative estimate of drug-likeness (QED) is 0.899. The molecule has 4 heteroatoms. The van der Waals surface area contributed by atoms with Crippen molar-refractivity contribution in [3.05, 3.63) is 28.5 Å². The van der Waals surface area contributed by atoms with Gasteiger partial charge in [-0.1, -0.05) is 0 Å². The van der Waals surface area contributed by atoms with Crippen molar-refractivity contribution in [1.82, 2.24) is 5.32 Å². The summed E-state index contributed by atoms with van der Waals surface area (Å²) in [4.78, 5) is 2.30. The van der Waals surface area contributed by atoms with Crippen LogP contribution in [0.2, 0.25) is 0 Å². The molecule has 2 rings (SSSR count). The lowest BCUT2D eigenvalue weighted by molar-refractivity contribution is 0.449. The van der Waals surface area contributed by atoms with E-state index in [1.165, 1.54) is 18.9 Å². The normalized spacial score (nSPS) is 21.2. The predicted molar refractivity (Wildman–Crippen MR) is 68.4 cm³/mol. The maximum Gasteiger partial charge on any atom is 0.137 e. The molecule has 1 heterocycles. The van der Waals surface area contributed by atoms with Gasteiger partial charge in [-0.3, -0.25) is 0 Å². The Morgan fingerprint density at radius 2 is 2.31 bits per heavy atom. The second-order valence-corrected chi connectivity index (χ2v) is 5.03. The fourth-order valence-electron chi connectivity index (χ4n) is 2.13. The first-order chi connectivity index (χ1) is 7.70. The van der Waals surface area contributed by atoms with Crippen LogP contribution in [0.15, 0.2) is 22.7 Å². The van der Waals surface area contributed by atoms with Gasteiger partial charge in [0, 0.05) is 24.8 Å². The maximum atomic E-state index is 13.1. The molecule has 88 valence electrons. The van der Waals surface area contributed by atoms with E-state index in [4.69, 9.17) is 0 Å². The van der Waals surface area contributed by atoms with Crippen LogP contribution >= 0.6 is 15.9 Å². The van der Waals surface area contributed by atoms with Crippen molar-refractivity contribution in [1.29, 1.82) is 0 Å². The van der Waals surface area contributed by atoms with Gasteiger partial charge in [0.25, 0.3) is 0 Å². The van der Waals surface area contributed by atoms with Crippen LogP contribution in [0.3, 0.4) is 0 Å². The molecule has 2 nitrogen and oxygen atoms in total. The van der Waals surface area contributed by atoms with Crippen LogP contribution in [0.25, 0.3) is 0 Å². The lowest BCUT2D eigenvalue weighted by atomic mass is 10.1. The Hall–Kier alpha value is -0.610. The molecule has 0 aliphatic carbocycles. The highest BCUT2D eigenvalue weighted by molar-refractivity contribution is 9.10. The first-order valence-corrected chi connectivity index (χ1v) is 6.37. The standard InChI is InChI=1S/C12H16BrFN2/c1-15-9-3-2-6-16(8-9)10-4-5-12(14)11(13)7-10/h4-5,7,9,15H,2-3,6,8H2,1H3. The number of halogens is 2. The Bertz CT molecular complexity index is 370. The minimum atomic E-state index is -0.203. The van der Waals surface area contributed by atoms with Crippen molar-refractivity contribution in [3.8, 4) is 0 Å². The van der Waals surface area contributed by atoms with Gasteiger partial charge in [0.2, 0.25) is 0 Å². The Labute approximate surface area is 104 Å². The van der Waals surface area contributed by atoms with Crippen molar-refractivity contribution in [2.75, 3.05) is 25.0 Å². The number of likely N-dealkylation sites (N-methyl/N-ethyl adjacent to an activating group) is 1. The van der Waals surface area contributed by atoms with Gasteiger partial charge in [-0.05, 0) is 54.0 Å². The molecular formula is C12H16BrFN2. The van der Waals surface area contributed by atoms with E-state index in [0.717, 1.165) is 18.8 Å². The van der Waals surface area contributed by atoms with E-state index in [0.29, 0.717) is 10.5 Å². The van der Waals surface area contributed by atoms with Gasteiger partial charge < -0.3 is 10.2 Å². The summed E-state index contributed by atoms with van der Waals surface area (Å²) < 4.78 is 13.7. The zero-order valence-corrected chi connectivity index (χ0v) is 10.9. The summed E-state index contributed by atoms with van der Waals surface area (Å²) in [6, 6.07) is 5.76. The van der Waals surface area contributed by atoms with Crippen molar-refractivity contribution in [2.24, 2.45) is 0 Å². The summed E-state index contributed by atoms with van der Waals surface area (Å²) in [6.07, 6.45) is 2.40.